The van der Waals surface area contributed by atoms with Gasteiger partial charge in [-0.05, 0) is 12.5 Å². The van der Waals surface area contributed by atoms with Crippen molar-refractivity contribution < 1.29 is 4.42 Å². The van der Waals surface area contributed by atoms with E-state index in [0.717, 1.165) is 6.42 Å². The average Bonchev–Trinajstić information content (AvgIpc) is 2.34. The van der Waals surface area contributed by atoms with E-state index in [-0.39, 0.29) is 6.04 Å². The van der Waals surface area contributed by atoms with E-state index in [4.69, 9.17) is 21.8 Å². The highest BCUT2D eigenvalue weighted by molar-refractivity contribution is 6.31. The molecule has 0 aromatic carbocycles. The van der Waals surface area contributed by atoms with E-state index in [0.29, 0.717) is 10.8 Å². The molecule has 0 aliphatic rings. The van der Waals surface area contributed by atoms with E-state index in [1.807, 2.05) is 6.92 Å². The van der Waals surface area contributed by atoms with Gasteiger partial charge in [0.1, 0.15) is 5.76 Å². The number of hydrogen-bond donors (Lipinski definition) is 1. The Balaban J connectivity index is 2.82. The summed E-state index contributed by atoms with van der Waals surface area (Å²) >= 11 is 5.74. The van der Waals surface area contributed by atoms with Gasteiger partial charge in [0.2, 0.25) is 0 Å². The molecule has 2 nitrogen and oxygen atoms in total. The maximum atomic E-state index is 5.74. The van der Waals surface area contributed by atoms with Crippen molar-refractivity contribution in [1.82, 2.24) is 0 Å². The molecule has 0 fully saturated rings. The number of furan rings is 1. The Morgan fingerprint density at radius 3 is 2.90 bits per heavy atom. The van der Waals surface area contributed by atoms with E-state index in [2.05, 4.69) is 0 Å². The Morgan fingerprint density at radius 2 is 2.50 bits per heavy atom. The molecule has 1 rings (SSSR count). The summed E-state index contributed by atoms with van der Waals surface area (Å²) in [7, 11) is 0. The molecule has 0 amide bonds. The molecule has 3 heteroatoms. The van der Waals surface area contributed by atoms with Crippen LogP contribution in [0.4, 0.5) is 0 Å². The number of nitrogens with two attached hydrogens (primary N) is 1. The molecular weight excluding hydrogens is 150 g/mol. The largest absolute Gasteiger partial charge is 0.466 e. The molecule has 0 bridgehead atoms. The first-order valence-electron chi connectivity index (χ1n) is 3.24. The fourth-order valence-corrected chi connectivity index (χ4v) is 0.992. The third-order valence-corrected chi connectivity index (χ3v) is 1.73. The van der Waals surface area contributed by atoms with Crippen LogP contribution in [0.2, 0.25) is 5.02 Å². The molecule has 1 aromatic heterocycles. The van der Waals surface area contributed by atoms with Crippen LogP contribution in [0.15, 0.2) is 16.7 Å². The third kappa shape index (κ3) is 1.33. The zero-order chi connectivity index (χ0) is 7.56. The molecule has 0 spiro atoms. The summed E-state index contributed by atoms with van der Waals surface area (Å²) in [5.41, 5.74) is 5.66. The van der Waals surface area contributed by atoms with Crippen LogP contribution in [0.25, 0.3) is 0 Å². The Bertz CT molecular complexity index is 209. The van der Waals surface area contributed by atoms with Gasteiger partial charge in [0.05, 0.1) is 17.3 Å². The number of halogens is 1. The number of hydrogen-bond acceptors (Lipinski definition) is 2. The van der Waals surface area contributed by atoms with E-state index < -0.39 is 0 Å². The Morgan fingerprint density at radius 1 is 1.80 bits per heavy atom. The molecule has 0 saturated carbocycles. The van der Waals surface area contributed by atoms with Crippen LogP contribution in [0.5, 0.6) is 0 Å². The lowest BCUT2D eigenvalue weighted by molar-refractivity contribution is 0.460. The van der Waals surface area contributed by atoms with E-state index in [1.54, 1.807) is 12.3 Å². The van der Waals surface area contributed by atoms with E-state index >= 15 is 0 Å². The van der Waals surface area contributed by atoms with E-state index in [1.165, 1.54) is 0 Å². The normalized spacial score (nSPS) is 13.5. The maximum Gasteiger partial charge on any atom is 0.138 e. The molecule has 10 heavy (non-hydrogen) atoms. The van der Waals surface area contributed by atoms with Crippen LogP contribution in [0.1, 0.15) is 25.1 Å². The van der Waals surface area contributed by atoms with Crippen molar-refractivity contribution in [2.75, 3.05) is 0 Å². The molecule has 56 valence electrons. The molecule has 0 aliphatic carbocycles. The quantitative estimate of drug-likeness (QED) is 0.720. The van der Waals surface area contributed by atoms with Gasteiger partial charge >= 0.3 is 0 Å². The molecule has 0 aliphatic heterocycles. The second kappa shape index (κ2) is 3.08. The Labute approximate surface area is 65.0 Å². The van der Waals surface area contributed by atoms with Crippen LogP contribution in [-0.4, -0.2) is 0 Å². The minimum atomic E-state index is -0.0671. The molecule has 0 saturated heterocycles. The van der Waals surface area contributed by atoms with Gasteiger partial charge in [0.15, 0.2) is 0 Å². The molecule has 1 atom stereocenters. The fraction of sp³-hybridized carbons (Fsp3) is 0.429. The second-order valence-corrected chi connectivity index (χ2v) is 2.55. The lowest BCUT2D eigenvalue weighted by atomic mass is 10.2. The van der Waals surface area contributed by atoms with Crippen molar-refractivity contribution in [3.05, 3.63) is 23.1 Å². The number of rotatable bonds is 2. The van der Waals surface area contributed by atoms with Crippen molar-refractivity contribution in [1.29, 1.82) is 0 Å². The van der Waals surface area contributed by atoms with Crippen LogP contribution in [0.3, 0.4) is 0 Å². The first-order chi connectivity index (χ1) is 4.75. The van der Waals surface area contributed by atoms with Gasteiger partial charge in [-0.1, -0.05) is 18.5 Å². The fourth-order valence-electron chi connectivity index (χ4n) is 0.755. The molecule has 0 radical (unpaired) electrons. The van der Waals surface area contributed by atoms with Gasteiger partial charge in [-0.2, -0.15) is 0 Å². The minimum absolute atomic E-state index is 0.0671. The van der Waals surface area contributed by atoms with Gasteiger partial charge in [-0.25, -0.2) is 0 Å². The summed E-state index contributed by atoms with van der Waals surface area (Å²) in [6, 6.07) is 1.63. The SMILES string of the molecule is CCC(N)c1occc1Cl. The highest BCUT2D eigenvalue weighted by Gasteiger charge is 2.10. The topological polar surface area (TPSA) is 39.2 Å². The lowest BCUT2D eigenvalue weighted by Crippen LogP contribution is -2.07. The zero-order valence-electron chi connectivity index (χ0n) is 5.80. The third-order valence-electron chi connectivity index (χ3n) is 1.42. The van der Waals surface area contributed by atoms with Crippen molar-refractivity contribution >= 4 is 11.6 Å². The second-order valence-electron chi connectivity index (χ2n) is 2.15. The molecule has 1 unspecified atom stereocenters. The predicted molar refractivity (Wildman–Crippen MR) is 40.9 cm³/mol. The van der Waals surface area contributed by atoms with Gasteiger partial charge in [-0.3, -0.25) is 0 Å². The molecular formula is C7H10ClNO. The average molecular weight is 160 g/mol. The summed E-state index contributed by atoms with van der Waals surface area (Å²) in [6.07, 6.45) is 2.39. The molecule has 1 aromatic rings. The van der Waals surface area contributed by atoms with Gasteiger partial charge < -0.3 is 10.2 Å². The van der Waals surface area contributed by atoms with Crippen molar-refractivity contribution in [3.63, 3.8) is 0 Å². The lowest BCUT2D eigenvalue weighted by Gasteiger charge is -2.03. The van der Waals surface area contributed by atoms with Crippen LogP contribution < -0.4 is 5.73 Å². The van der Waals surface area contributed by atoms with Gasteiger partial charge in [0, 0.05) is 0 Å². The highest BCUT2D eigenvalue weighted by atomic mass is 35.5. The first kappa shape index (κ1) is 7.63. The summed E-state index contributed by atoms with van der Waals surface area (Å²) in [5, 5.41) is 0.620. The van der Waals surface area contributed by atoms with Crippen molar-refractivity contribution in [3.8, 4) is 0 Å². The van der Waals surface area contributed by atoms with Gasteiger partial charge in [0.25, 0.3) is 0 Å². The van der Waals surface area contributed by atoms with Crippen molar-refractivity contribution in [2.45, 2.75) is 19.4 Å². The van der Waals surface area contributed by atoms with Crippen LogP contribution >= 0.6 is 11.6 Å². The molecule has 1 heterocycles. The smallest absolute Gasteiger partial charge is 0.138 e. The highest BCUT2D eigenvalue weighted by Crippen LogP contribution is 2.23. The predicted octanol–water partition coefficient (Wildman–Crippen LogP) is 2.34. The zero-order valence-corrected chi connectivity index (χ0v) is 6.56. The van der Waals surface area contributed by atoms with Crippen LogP contribution in [-0.2, 0) is 0 Å². The summed E-state index contributed by atoms with van der Waals surface area (Å²) in [5.74, 6) is 0.684. The Kier molecular flexibility index (Phi) is 2.35. The summed E-state index contributed by atoms with van der Waals surface area (Å²) in [4.78, 5) is 0. The first-order valence-corrected chi connectivity index (χ1v) is 3.62. The van der Waals surface area contributed by atoms with Gasteiger partial charge in [-0.15, -0.1) is 0 Å². The maximum absolute atomic E-state index is 5.74. The monoisotopic (exact) mass is 159 g/mol. The standard InChI is InChI=1S/C7H10ClNO/c1-2-6(9)7-5(8)3-4-10-7/h3-4,6H,2,9H2,1H3. The molecule has 2 N–H and O–H groups in total. The minimum Gasteiger partial charge on any atom is -0.466 e. The van der Waals surface area contributed by atoms with E-state index in [9.17, 15) is 0 Å². The Hall–Kier alpha value is -0.470. The summed E-state index contributed by atoms with van der Waals surface area (Å²) < 4.78 is 5.06. The van der Waals surface area contributed by atoms with Crippen LogP contribution in [0, 0.1) is 0 Å². The summed E-state index contributed by atoms with van der Waals surface area (Å²) in [6.45, 7) is 1.99. The van der Waals surface area contributed by atoms with Crippen molar-refractivity contribution in [2.24, 2.45) is 5.73 Å².